The van der Waals surface area contributed by atoms with Gasteiger partial charge in [0.25, 0.3) is 0 Å². The van der Waals surface area contributed by atoms with E-state index >= 15 is 0 Å². The predicted octanol–water partition coefficient (Wildman–Crippen LogP) is 2.99. The summed E-state index contributed by atoms with van der Waals surface area (Å²) in [7, 11) is 0. The van der Waals surface area contributed by atoms with Gasteiger partial charge in [-0.1, -0.05) is 32.9 Å². The molecule has 2 rings (SSSR count). The molecule has 1 saturated heterocycles. The molecule has 2 N–H and O–H groups in total. The van der Waals surface area contributed by atoms with Crippen molar-refractivity contribution >= 4 is 0 Å². The maximum atomic E-state index is 9.62. The van der Waals surface area contributed by atoms with E-state index in [1.807, 2.05) is 12.1 Å². The molecule has 0 aromatic heterocycles. The number of nitrogens with zero attached hydrogens (tertiary/aromatic N) is 1. The first-order valence-electron chi connectivity index (χ1n) is 7.45. The van der Waals surface area contributed by atoms with Gasteiger partial charge >= 0.3 is 0 Å². The van der Waals surface area contributed by atoms with Gasteiger partial charge in [0, 0.05) is 31.2 Å². The molecule has 0 spiro atoms. The Morgan fingerprint density at radius 2 is 2.05 bits per heavy atom. The smallest absolute Gasteiger partial charge is 0.115 e. The molecule has 1 aliphatic rings. The number of hydrogen-bond acceptors (Lipinski definition) is 3. The zero-order valence-corrected chi connectivity index (χ0v) is 13.4. The highest BCUT2D eigenvalue weighted by molar-refractivity contribution is 5.27. The summed E-state index contributed by atoms with van der Waals surface area (Å²) in [6.07, 6.45) is 0. The second-order valence-electron chi connectivity index (χ2n) is 7.66. The van der Waals surface area contributed by atoms with E-state index in [1.165, 1.54) is 5.56 Å². The van der Waals surface area contributed by atoms with Crippen molar-refractivity contribution in [1.82, 2.24) is 10.2 Å². The monoisotopic (exact) mass is 276 g/mol. The van der Waals surface area contributed by atoms with Crippen LogP contribution >= 0.6 is 0 Å². The first-order chi connectivity index (χ1) is 9.18. The summed E-state index contributed by atoms with van der Waals surface area (Å²) in [4.78, 5) is 2.52. The fourth-order valence-corrected chi connectivity index (χ4v) is 2.75. The minimum Gasteiger partial charge on any atom is -0.508 e. The van der Waals surface area contributed by atoms with E-state index in [9.17, 15) is 5.11 Å². The van der Waals surface area contributed by atoms with Crippen molar-refractivity contribution < 1.29 is 5.11 Å². The van der Waals surface area contributed by atoms with Crippen LogP contribution in [0, 0.1) is 5.41 Å². The van der Waals surface area contributed by atoms with Crippen molar-refractivity contribution in [3.05, 3.63) is 29.8 Å². The van der Waals surface area contributed by atoms with Crippen LogP contribution in [-0.4, -0.2) is 34.7 Å². The molecule has 3 nitrogen and oxygen atoms in total. The van der Waals surface area contributed by atoms with Gasteiger partial charge in [-0.3, -0.25) is 4.90 Å². The number of phenolic OH excluding ortho intramolecular Hbond substituents is 1. The summed E-state index contributed by atoms with van der Waals surface area (Å²) in [5.41, 5.74) is 1.56. The van der Waals surface area contributed by atoms with E-state index < -0.39 is 0 Å². The number of aromatic hydroxyl groups is 1. The molecule has 112 valence electrons. The number of rotatable bonds is 2. The zero-order chi connectivity index (χ0) is 15.0. The summed E-state index contributed by atoms with van der Waals surface area (Å²) in [6.45, 7) is 14.3. The lowest BCUT2D eigenvalue weighted by Gasteiger charge is -2.49. The third-order valence-electron chi connectivity index (χ3n) is 4.37. The van der Waals surface area contributed by atoms with E-state index in [1.54, 1.807) is 6.07 Å². The molecule has 0 aliphatic carbocycles. The van der Waals surface area contributed by atoms with Gasteiger partial charge in [-0.05, 0) is 37.0 Å². The van der Waals surface area contributed by atoms with Crippen LogP contribution in [0.5, 0.6) is 5.75 Å². The molecule has 0 bridgehead atoms. The molecule has 1 fully saturated rings. The molecule has 1 aromatic carbocycles. The van der Waals surface area contributed by atoms with Gasteiger partial charge in [-0.15, -0.1) is 0 Å². The summed E-state index contributed by atoms with van der Waals surface area (Å²) in [6, 6.07) is 8.09. The second-order valence-corrected chi connectivity index (χ2v) is 7.66. The van der Waals surface area contributed by atoms with Gasteiger partial charge in [0.15, 0.2) is 0 Å². The normalized spacial score (nSPS) is 23.8. The zero-order valence-electron chi connectivity index (χ0n) is 13.4. The molecule has 1 aliphatic heterocycles. The number of hydrogen-bond donors (Lipinski definition) is 2. The van der Waals surface area contributed by atoms with Crippen molar-refractivity contribution in [3.8, 4) is 5.75 Å². The lowest BCUT2D eigenvalue weighted by atomic mass is 9.82. The summed E-state index contributed by atoms with van der Waals surface area (Å²) in [5, 5.41) is 13.3. The van der Waals surface area contributed by atoms with E-state index in [0.717, 1.165) is 19.6 Å². The molecule has 0 saturated carbocycles. The van der Waals surface area contributed by atoms with Gasteiger partial charge in [0.1, 0.15) is 5.75 Å². The predicted molar refractivity (Wildman–Crippen MR) is 83.8 cm³/mol. The summed E-state index contributed by atoms with van der Waals surface area (Å²) in [5.74, 6) is 0.350. The first-order valence-corrected chi connectivity index (χ1v) is 7.45. The summed E-state index contributed by atoms with van der Waals surface area (Å²) >= 11 is 0. The quantitative estimate of drug-likeness (QED) is 0.871. The topological polar surface area (TPSA) is 35.5 Å². The minimum absolute atomic E-state index is 0.132. The number of piperazine rings is 1. The van der Waals surface area contributed by atoms with E-state index in [4.69, 9.17) is 0 Å². The molecule has 3 heteroatoms. The molecule has 0 amide bonds. The maximum absolute atomic E-state index is 9.62. The standard InChI is InChI=1S/C17H28N2O/c1-16(2,3)15-11-19(17(4,5)12-18-15)10-13-7-6-8-14(20)9-13/h6-9,15,18,20H,10-12H2,1-5H3. The summed E-state index contributed by atoms with van der Waals surface area (Å²) < 4.78 is 0. The maximum Gasteiger partial charge on any atom is 0.115 e. The van der Waals surface area contributed by atoms with Crippen LogP contribution in [0.15, 0.2) is 24.3 Å². The molecular weight excluding hydrogens is 248 g/mol. The Labute approximate surface area is 123 Å². The van der Waals surface area contributed by atoms with Crippen molar-refractivity contribution in [2.24, 2.45) is 5.41 Å². The lowest BCUT2D eigenvalue weighted by molar-refractivity contribution is 0.0295. The van der Waals surface area contributed by atoms with Gasteiger partial charge in [-0.2, -0.15) is 0 Å². The minimum atomic E-state index is 0.132. The number of benzene rings is 1. The molecule has 1 heterocycles. The van der Waals surface area contributed by atoms with Crippen molar-refractivity contribution in [2.75, 3.05) is 13.1 Å². The van der Waals surface area contributed by atoms with Gasteiger partial charge in [-0.25, -0.2) is 0 Å². The third-order valence-corrected chi connectivity index (χ3v) is 4.37. The molecule has 20 heavy (non-hydrogen) atoms. The van der Waals surface area contributed by atoms with Gasteiger partial charge < -0.3 is 10.4 Å². The highest BCUT2D eigenvalue weighted by Gasteiger charge is 2.38. The van der Waals surface area contributed by atoms with Crippen molar-refractivity contribution in [2.45, 2.75) is 52.7 Å². The van der Waals surface area contributed by atoms with Crippen LogP contribution < -0.4 is 5.32 Å². The first kappa shape index (κ1) is 15.3. The third kappa shape index (κ3) is 3.53. The largest absolute Gasteiger partial charge is 0.508 e. The van der Waals surface area contributed by atoms with Crippen LogP contribution in [0.4, 0.5) is 0 Å². The molecule has 0 radical (unpaired) electrons. The average Bonchev–Trinajstić information content (AvgIpc) is 2.30. The molecule has 1 aromatic rings. The Morgan fingerprint density at radius 3 is 2.65 bits per heavy atom. The van der Waals surface area contributed by atoms with Crippen LogP contribution in [0.1, 0.15) is 40.2 Å². The Balaban J connectivity index is 2.14. The van der Waals surface area contributed by atoms with Crippen LogP contribution in [0.3, 0.4) is 0 Å². The second kappa shape index (κ2) is 5.38. The Kier molecular flexibility index (Phi) is 4.12. The molecule has 1 unspecified atom stereocenters. The fraction of sp³-hybridized carbons (Fsp3) is 0.647. The SMILES string of the molecule is CC(C)(C)C1CN(Cc2cccc(O)c2)C(C)(C)CN1. The molecular formula is C17H28N2O. The highest BCUT2D eigenvalue weighted by Crippen LogP contribution is 2.29. The number of nitrogens with one attached hydrogen (secondary N) is 1. The van der Waals surface area contributed by atoms with Crippen LogP contribution in [0.2, 0.25) is 0 Å². The van der Waals surface area contributed by atoms with E-state index in [-0.39, 0.29) is 11.0 Å². The fourth-order valence-electron chi connectivity index (χ4n) is 2.75. The van der Waals surface area contributed by atoms with Crippen molar-refractivity contribution in [1.29, 1.82) is 0 Å². The van der Waals surface area contributed by atoms with Gasteiger partial charge in [0.05, 0.1) is 0 Å². The van der Waals surface area contributed by atoms with Gasteiger partial charge in [0.2, 0.25) is 0 Å². The molecule has 1 atom stereocenters. The lowest BCUT2D eigenvalue weighted by Crippen LogP contribution is -2.64. The van der Waals surface area contributed by atoms with E-state index in [2.05, 4.69) is 50.9 Å². The Bertz CT molecular complexity index is 462. The highest BCUT2D eigenvalue weighted by atomic mass is 16.3. The average molecular weight is 276 g/mol. The van der Waals surface area contributed by atoms with Crippen molar-refractivity contribution in [3.63, 3.8) is 0 Å². The van der Waals surface area contributed by atoms with Crippen LogP contribution in [0.25, 0.3) is 0 Å². The van der Waals surface area contributed by atoms with E-state index in [0.29, 0.717) is 11.8 Å². The number of phenols is 1. The Hall–Kier alpha value is -1.06. The van der Waals surface area contributed by atoms with Crippen LogP contribution in [-0.2, 0) is 6.54 Å². The Morgan fingerprint density at radius 1 is 1.35 bits per heavy atom.